The summed E-state index contributed by atoms with van der Waals surface area (Å²) in [6, 6.07) is 21.0. The second-order valence-corrected chi connectivity index (χ2v) is 9.67. The third-order valence-electron chi connectivity index (χ3n) is 7.73. The van der Waals surface area contributed by atoms with Crippen LogP contribution in [0.5, 0.6) is 0 Å². The van der Waals surface area contributed by atoms with Crippen molar-refractivity contribution in [1.82, 2.24) is 0 Å². The number of nitriles is 2. The van der Waals surface area contributed by atoms with Crippen molar-refractivity contribution >= 4 is 23.2 Å². The lowest BCUT2D eigenvalue weighted by molar-refractivity contribution is -0.386. The van der Waals surface area contributed by atoms with Gasteiger partial charge in [-0.1, -0.05) is 60.7 Å². The Balaban J connectivity index is 1.88. The number of rotatable bonds is 4. The van der Waals surface area contributed by atoms with Crippen LogP contribution in [0.25, 0.3) is 6.08 Å². The van der Waals surface area contributed by atoms with Crippen LogP contribution in [0.15, 0.2) is 66.7 Å². The molecule has 0 aromatic heterocycles. The summed E-state index contributed by atoms with van der Waals surface area (Å²) in [5.41, 5.74) is 2.44. The van der Waals surface area contributed by atoms with E-state index in [1.54, 1.807) is 44.2 Å². The molecule has 182 valence electrons. The number of hydrogen-bond donors (Lipinski definition) is 0. The molecule has 7 nitrogen and oxygen atoms in total. The van der Waals surface area contributed by atoms with Gasteiger partial charge in [0, 0.05) is 28.3 Å². The van der Waals surface area contributed by atoms with E-state index in [-0.39, 0.29) is 11.5 Å². The number of anilines is 1. The Morgan fingerprint density at radius 2 is 1.65 bits per heavy atom. The second-order valence-electron chi connectivity index (χ2n) is 9.67. The highest BCUT2D eigenvalue weighted by Gasteiger charge is 2.64. The van der Waals surface area contributed by atoms with Crippen molar-refractivity contribution in [3.05, 3.63) is 110 Å². The minimum absolute atomic E-state index is 0.0582. The summed E-state index contributed by atoms with van der Waals surface area (Å²) >= 11 is 0. The fourth-order valence-electron chi connectivity index (χ4n) is 6.27. The van der Waals surface area contributed by atoms with E-state index in [1.165, 1.54) is 0 Å². The van der Waals surface area contributed by atoms with Crippen LogP contribution in [0, 0.1) is 59.0 Å². The number of nitro benzene ring substituents is 1. The van der Waals surface area contributed by atoms with Gasteiger partial charge in [0.1, 0.15) is 6.04 Å². The smallest absolute Gasteiger partial charge is 0.275 e. The van der Waals surface area contributed by atoms with Gasteiger partial charge in [-0.25, -0.2) is 0 Å². The molecule has 2 aliphatic rings. The lowest BCUT2D eigenvalue weighted by Gasteiger charge is -2.35. The van der Waals surface area contributed by atoms with Crippen molar-refractivity contribution in [2.45, 2.75) is 38.8 Å². The van der Waals surface area contributed by atoms with E-state index in [4.69, 9.17) is 0 Å². The number of nitrogens with zero attached hydrogens (tertiary/aromatic N) is 4. The van der Waals surface area contributed by atoms with Gasteiger partial charge in [0.2, 0.25) is 0 Å². The van der Waals surface area contributed by atoms with Crippen LogP contribution in [0.3, 0.4) is 0 Å². The molecule has 0 aliphatic carbocycles. The first-order valence-corrected chi connectivity index (χ1v) is 12.0. The fraction of sp³-hybridized carbons (Fsp3) is 0.233. The predicted molar refractivity (Wildman–Crippen MR) is 140 cm³/mol. The van der Waals surface area contributed by atoms with E-state index in [1.807, 2.05) is 54.3 Å². The molecule has 0 N–H and O–H groups in total. The summed E-state index contributed by atoms with van der Waals surface area (Å²) in [5.74, 6) is -1.18. The Morgan fingerprint density at radius 1 is 1.00 bits per heavy atom. The number of carbonyl (C=O) groups excluding carboxylic acids is 1. The third kappa shape index (κ3) is 3.36. The zero-order valence-corrected chi connectivity index (χ0v) is 20.7. The number of nitro groups is 1. The number of fused-ring (bicyclic) bond motifs is 3. The number of Topliss-reactive ketones (excluding diaryl/α,β-unsaturated/α-hetero) is 1. The lowest BCUT2D eigenvalue weighted by Crippen LogP contribution is -2.44. The molecule has 0 unspecified atom stereocenters. The van der Waals surface area contributed by atoms with Crippen molar-refractivity contribution < 1.29 is 9.72 Å². The minimum Gasteiger partial charge on any atom is -0.351 e. The first-order chi connectivity index (χ1) is 17.8. The molecular weight excluding hydrogens is 464 g/mol. The van der Waals surface area contributed by atoms with E-state index in [9.17, 15) is 25.4 Å². The maximum atomic E-state index is 14.3. The van der Waals surface area contributed by atoms with Gasteiger partial charge >= 0.3 is 0 Å². The molecule has 5 rings (SSSR count). The van der Waals surface area contributed by atoms with E-state index in [0.29, 0.717) is 27.8 Å². The number of benzene rings is 3. The van der Waals surface area contributed by atoms with E-state index >= 15 is 0 Å². The summed E-state index contributed by atoms with van der Waals surface area (Å²) in [4.78, 5) is 27.8. The van der Waals surface area contributed by atoms with Crippen molar-refractivity contribution in [1.29, 1.82) is 10.5 Å². The van der Waals surface area contributed by atoms with Gasteiger partial charge in [-0.3, -0.25) is 14.9 Å². The molecular formula is C30H24N4O3. The second kappa shape index (κ2) is 8.72. The molecule has 3 aromatic carbocycles. The monoisotopic (exact) mass is 488 g/mol. The van der Waals surface area contributed by atoms with Crippen LogP contribution in [-0.2, 0) is 0 Å². The van der Waals surface area contributed by atoms with Crippen molar-refractivity contribution in [3.63, 3.8) is 0 Å². The Morgan fingerprint density at radius 3 is 2.30 bits per heavy atom. The van der Waals surface area contributed by atoms with Gasteiger partial charge < -0.3 is 4.90 Å². The fourth-order valence-corrected chi connectivity index (χ4v) is 6.27. The Hall–Kier alpha value is -4.75. The Labute approximate surface area is 215 Å². The standard InChI is InChI=1S/C30H24N4O3/c1-18-15-19(2)27(34(36)37)20(3)25(18)26-28(29(35)22-10-5-4-6-11-22)33-23-12-8-7-9-21(23)13-14-24(33)30(26,16-31)17-32/h4-15,24,26,28H,1-3H3/t24-,26-,28-/m0/s1. The van der Waals surface area contributed by atoms with Crippen LogP contribution >= 0.6 is 0 Å². The summed E-state index contributed by atoms with van der Waals surface area (Å²) in [5, 5.41) is 33.3. The maximum absolute atomic E-state index is 14.3. The van der Waals surface area contributed by atoms with Gasteiger partial charge in [0.25, 0.3) is 5.69 Å². The quantitative estimate of drug-likeness (QED) is 0.260. The number of para-hydroxylation sites is 1. The maximum Gasteiger partial charge on any atom is 0.275 e. The SMILES string of the molecule is Cc1cc(C)c([N+](=O)[O-])c(C)c1[C@H]1[C@@H](C(=O)c2ccccc2)N2c3ccccc3C=C[C@H]2C1(C#N)C#N. The first kappa shape index (κ1) is 24.0. The van der Waals surface area contributed by atoms with Crippen molar-refractivity contribution in [2.75, 3.05) is 4.90 Å². The zero-order valence-electron chi connectivity index (χ0n) is 20.7. The molecule has 2 aliphatic heterocycles. The van der Waals surface area contributed by atoms with Gasteiger partial charge in [-0.05, 0) is 49.6 Å². The number of ketones is 1. The summed E-state index contributed by atoms with van der Waals surface area (Å²) in [6.07, 6.45) is 3.69. The third-order valence-corrected chi connectivity index (χ3v) is 7.73. The average molecular weight is 489 g/mol. The first-order valence-electron chi connectivity index (χ1n) is 12.0. The molecule has 1 fully saturated rings. The van der Waals surface area contributed by atoms with Crippen LogP contribution in [-0.4, -0.2) is 22.8 Å². The van der Waals surface area contributed by atoms with Crippen LogP contribution < -0.4 is 4.90 Å². The summed E-state index contributed by atoms with van der Waals surface area (Å²) < 4.78 is 0. The molecule has 1 saturated heterocycles. The molecule has 0 spiro atoms. The largest absolute Gasteiger partial charge is 0.351 e. The molecule has 2 heterocycles. The van der Waals surface area contributed by atoms with Gasteiger partial charge in [0.05, 0.1) is 23.1 Å². The van der Waals surface area contributed by atoms with Crippen molar-refractivity contribution in [3.8, 4) is 12.1 Å². The summed E-state index contributed by atoms with van der Waals surface area (Å²) in [7, 11) is 0. The van der Waals surface area contributed by atoms with Crippen molar-refractivity contribution in [2.24, 2.45) is 5.41 Å². The molecule has 0 bridgehead atoms. The normalized spacial score (nSPS) is 20.9. The summed E-state index contributed by atoms with van der Waals surface area (Å²) in [6.45, 7) is 5.15. The molecule has 7 heteroatoms. The topological polar surface area (TPSA) is 111 Å². The Kier molecular flexibility index (Phi) is 5.65. The minimum atomic E-state index is -1.67. The van der Waals surface area contributed by atoms with E-state index in [0.717, 1.165) is 11.3 Å². The zero-order chi connectivity index (χ0) is 26.5. The number of carbonyl (C=O) groups is 1. The molecule has 3 atom stereocenters. The molecule has 0 amide bonds. The van der Waals surface area contributed by atoms with Gasteiger partial charge in [0.15, 0.2) is 11.2 Å². The molecule has 0 radical (unpaired) electrons. The Bertz CT molecular complexity index is 1550. The molecule has 37 heavy (non-hydrogen) atoms. The van der Waals surface area contributed by atoms with E-state index in [2.05, 4.69) is 12.1 Å². The number of aryl methyl sites for hydroxylation is 2. The van der Waals surface area contributed by atoms with Crippen LogP contribution in [0.2, 0.25) is 0 Å². The highest BCUT2D eigenvalue weighted by molar-refractivity contribution is 6.04. The molecule has 3 aromatic rings. The van der Waals surface area contributed by atoms with E-state index < -0.39 is 28.3 Å². The van der Waals surface area contributed by atoms with Gasteiger partial charge in [-0.2, -0.15) is 10.5 Å². The molecule has 0 saturated carbocycles. The predicted octanol–water partition coefficient (Wildman–Crippen LogP) is 5.80. The van der Waals surface area contributed by atoms with Crippen LogP contribution in [0.1, 0.15) is 44.1 Å². The lowest BCUT2D eigenvalue weighted by atomic mass is 9.67. The van der Waals surface area contributed by atoms with Gasteiger partial charge in [-0.15, -0.1) is 0 Å². The van der Waals surface area contributed by atoms with Crippen LogP contribution in [0.4, 0.5) is 11.4 Å². The highest BCUT2D eigenvalue weighted by atomic mass is 16.6. The number of hydrogen-bond acceptors (Lipinski definition) is 6. The highest BCUT2D eigenvalue weighted by Crippen LogP contribution is 2.57. The average Bonchev–Trinajstić information content (AvgIpc) is 3.18.